The molecule has 0 atom stereocenters. The summed E-state index contributed by atoms with van der Waals surface area (Å²) in [6.07, 6.45) is 1.74. The number of carbonyl (C=O) groups is 1. The van der Waals surface area contributed by atoms with Gasteiger partial charge in [-0.1, -0.05) is 32.4 Å². The Hall–Kier alpha value is -1.43. The molecule has 1 heterocycles. The maximum absolute atomic E-state index is 11.9. The number of ether oxygens (including phenoxy) is 1. The van der Waals surface area contributed by atoms with Gasteiger partial charge in [0, 0.05) is 6.54 Å². The Morgan fingerprint density at radius 1 is 1.25 bits per heavy atom. The van der Waals surface area contributed by atoms with Crippen LogP contribution in [-0.2, 0) is 17.7 Å². The van der Waals surface area contributed by atoms with E-state index in [9.17, 15) is 4.79 Å². The highest BCUT2D eigenvalue weighted by atomic mass is 16.5. The highest BCUT2D eigenvalue weighted by Crippen LogP contribution is 2.10. The van der Waals surface area contributed by atoms with Crippen LogP contribution in [0.4, 0.5) is 0 Å². The summed E-state index contributed by atoms with van der Waals surface area (Å²) in [5.41, 5.74) is 1.26. The minimum Gasteiger partial charge on any atom is -0.461 e. The second-order valence-electron chi connectivity index (χ2n) is 4.61. The van der Waals surface area contributed by atoms with Crippen molar-refractivity contribution in [2.45, 2.75) is 47.1 Å². The number of hydrogen-bond acceptors (Lipinski definition) is 5. The fraction of sp³-hybridized carbons (Fsp3) is 0.786. The molecule has 0 bridgehead atoms. The summed E-state index contributed by atoms with van der Waals surface area (Å²) in [6, 6.07) is 0. The molecule has 0 aliphatic heterocycles. The number of rotatable bonds is 9. The molecule has 0 spiro atoms. The summed E-state index contributed by atoms with van der Waals surface area (Å²) < 4.78 is 6.87. The van der Waals surface area contributed by atoms with Crippen LogP contribution in [0, 0.1) is 0 Å². The van der Waals surface area contributed by atoms with Crippen molar-refractivity contribution in [3.63, 3.8) is 0 Å². The standard InChI is InChI=1S/C14H26N4O2/c1-5-9-12-13(14(19)20-8-4)15-16-18(12)11-10-17(6-2)7-3/h5-11H2,1-4H3. The van der Waals surface area contributed by atoms with Gasteiger partial charge in [-0.05, 0) is 26.4 Å². The molecule has 114 valence electrons. The predicted molar refractivity (Wildman–Crippen MR) is 77.8 cm³/mol. The maximum atomic E-state index is 11.9. The van der Waals surface area contributed by atoms with Crippen molar-refractivity contribution in [3.8, 4) is 0 Å². The number of likely N-dealkylation sites (N-methyl/N-ethyl adjacent to an activating group) is 1. The van der Waals surface area contributed by atoms with Gasteiger partial charge in [0.2, 0.25) is 0 Å². The Morgan fingerprint density at radius 2 is 1.95 bits per heavy atom. The molecular formula is C14H26N4O2. The Morgan fingerprint density at radius 3 is 2.50 bits per heavy atom. The second-order valence-corrected chi connectivity index (χ2v) is 4.61. The lowest BCUT2D eigenvalue weighted by atomic mass is 10.2. The lowest BCUT2D eigenvalue weighted by molar-refractivity contribution is 0.0518. The third-order valence-electron chi connectivity index (χ3n) is 3.32. The number of nitrogens with zero attached hydrogens (tertiary/aromatic N) is 4. The quantitative estimate of drug-likeness (QED) is 0.646. The number of carbonyl (C=O) groups excluding carboxylic acids is 1. The smallest absolute Gasteiger partial charge is 0.360 e. The largest absolute Gasteiger partial charge is 0.461 e. The van der Waals surface area contributed by atoms with Gasteiger partial charge in [0.05, 0.1) is 18.8 Å². The fourth-order valence-corrected chi connectivity index (χ4v) is 2.13. The lowest BCUT2D eigenvalue weighted by Crippen LogP contribution is -2.28. The summed E-state index contributed by atoms with van der Waals surface area (Å²) in [5.74, 6) is -0.370. The molecule has 6 heteroatoms. The predicted octanol–water partition coefficient (Wildman–Crippen LogP) is 1.75. The summed E-state index contributed by atoms with van der Waals surface area (Å²) in [4.78, 5) is 14.2. The summed E-state index contributed by atoms with van der Waals surface area (Å²) >= 11 is 0. The zero-order chi connectivity index (χ0) is 15.0. The summed E-state index contributed by atoms with van der Waals surface area (Å²) in [6.45, 7) is 12.2. The first-order valence-electron chi connectivity index (χ1n) is 7.49. The Kier molecular flexibility index (Phi) is 7.22. The first-order valence-corrected chi connectivity index (χ1v) is 7.49. The highest BCUT2D eigenvalue weighted by molar-refractivity contribution is 5.88. The van der Waals surface area contributed by atoms with Crippen LogP contribution in [0.15, 0.2) is 0 Å². The van der Waals surface area contributed by atoms with E-state index in [-0.39, 0.29) is 5.97 Å². The van der Waals surface area contributed by atoms with Crippen molar-refractivity contribution in [2.75, 3.05) is 26.2 Å². The summed E-state index contributed by atoms with van der Waals surface area (Å²) in [5, 5.41) is 8.12. The van der Waals surface area contributed by atoms with Gasteiger partial charge in [-0.15, -0.1) is 5.10 Å². The summed E-state index contributed by atoms with van der Waals surface area (Å²) in [7, 11) is 0. The Balaban J connectivity index is 2.82. The molecule has 1 aromatic rings. The average molecular weight is 282 g/mol. The monoisotopic (exact) mass is 282 g/mol. The lowest BCUT2D eigenvalue weighted by Gasteiger charge is -2.18. The van der Waals surface area contributed by atoms with E-state index in [4.69, 9.17) is 4.74 Å². The fourth-order valence-electron chi connectivity index (χ4n) is 2.13. The van der Waals surface area contributed by atoms with E-state index in [0.29, 0.717) is 12.3 Å². The van der Waals surface area contributed by atoms with Crippen molar-refractivity contribution >= 4 is 5.97 Å². The molecule has 0 aliphatic rings. The van der Waals surface area contributed by atoms with Gasteiger partial charge in [0.25, 0.3) is 0 Å². The molecule has 0 radical (unpaired) electrons. The van der Waals surface area contributed by atoms with Crippen molar-refractivity contribution < 1.29 is 9.53 Å². The Bertz CT molecular complexity index is 413. The first-order chi connectivity index (χ1) is 9.67. The molecular weight excluding hydrogens is 256 g/mol. The van der Waals surface area contributed by atoms with Crippen LogP contribution in [0.5, 0.6) is 0 Å². The van der Waals surface area contributed by atoms with E-state index in [0.717, 1.165) is 44.7 Å². The molecule has 0 aliphatic carbocycles. The molecule has 0 saturated heterocycles. The molecule has 0 amide bonds. The minimum absolute atomic E-state index is 0.358. The molecule has 0 N–H and O–H groups in total. The minimum atomic E-state index is -0.370. The third-order valence-corrected chi connectivity index (χ3v) is 3.32. The van der Waals surface area contributed by atoms with Crippen molar-refractivity contribution in [1.82, 2.24) is 19.9 Å². The van der Waals surface area contributed by atoms with E-state index < -0.39 is 0 Å². The van der Waals surface area contributed by atoms with Crippen LogP contribution in [0.2, 0.25) is 0 Å². The Labute approximate surface area is 121 Å². The van der Waals surface area contributed by atoms with Gasteiger partial charge in [0.1, 0.15) is 0 Å². The molecule has 1 aromatic heterocycles. The van der Waals surface area contributed by atoms with Crippen LogP contribution >= 0.6 is 0 Å². The zero-order valence-electron chi connectivity index (χ0n) is 13.1. The number of esters is 1. The van der Waals surface area contributed by atoms with Gasteiger partial charge in [0.15, 0.2) is 5.69 Å². The van der Waals surface area contributed by atoms with Gasteiger partial charge in [-0.25, -0.2) is 9.48 Å². The normalized spacial score (nSPS) is 11.1. The van der Waals surface area contributed by atoms with Gasteiger partial charge >= 0.3 is 5.97 Å². The average Bonchev–Trinajstić information content (AvgIpc) is 2.84. The molecule has 1 rings (SSSR count). The second kappa shape index (κ2) is 8.68. The van der Waals surface area contributed by atoms with E-state index >= 15 is 0 Å². The van der Waals surface area contributed by atoms with E-state index in [1.165, 1.54) is 0 Å². The zero-order valence-corrected chi connectivity index (χ0v) is 13.1. The molecule has 0 aromatic carbocycles. The third kappa shape index (κ3) is 4.30. The van der Waals surface area contributed by atoms with Crippen LogP contribution in [0.1, 0.15) is 50.3 Å². The van der Waals surface area contributed by atoms with Crippen molar-refractivity contribution in [3.05, 3.63) is 11.4 Å². The van der Waals surface area contributed by atoms with E-state index in [1.54, 1.807) is 6.92 Å². The molecule has 0 fully saturated rings. The maximum Gasteiger partial charge on any atom is 0.360 e. The number of aromatic nitrogens is 3. The van der Waals surface area contributed by atoms with Crippen molar-refractivity contribution in [1.29, 1.82) is 0 Å². The van der Waals surface area contributed by atoms with Crippen LogP contribution < -0.4 is 0 Å². The van der Waals surface area contributed by atoms with E-state index in [2.05, 4.69) is 36.0 Å². The molecule has 20 heavy (non-hydrogen) atoms. The number of hydrogen-bond donors (Lipinski definition) is 0. The SMILES string of the molecule is CCCc1c(C(=O)OCC)nnn1CCN(CC)CC. The molecule has 0 saturated carbocycles. The van der Waals surface area contributed by atoms with Crippen LogP contribution in [0.25, 0.3) is 0 Å². The van der Waals surface area contributed by atoms with Gasteiger partial charge in [-0.3, -0.25) is 0 Å². The first kappa shape index (κ1) is 16.6. The van der Waals surface area contributed by atoms with Gasteiger partial charge in [-0.2, -0.15) is 0 Å². The molecule has 6 nitrogen and oxygen atoms in total. The molecule has 0 unspecified atom stereocenters. The topological polar surface area (TPSA) is 60.2 Å². The van der Waals surface area contributed by atoms with Crippen molar-refractivity contribution in [2.24, 2.45) is 0 Å². The van der Waals surface area contributed by atoms with Crippen LogP contribution in [0.3, 0.4) is 0 Å². The highest BCUT2D eigenvalue weighted by Gasteiger charge is 2.20. The van der Waals surface area contributed by atoms with E-state index in [1.807, 2.05) is 4.68 Å². The van der Waals surface area contributed by atoms with Crippen LogP contribution in [-0.4, -0.2) is 52.1 Å². The van der Waals surface area contributed by atoms with Gasteiger partial charge < -0.3 is 9.64 Å².